The molecule has 20 heavy (non-hydrogen) atoms. The van der Waals surface area contributed by atoms with Gasteiger partial charge in [-0.05, 0) is 35.7 Å². The van der Waals surface area contributed by atoms with Crippen LogP contribution in [0.3, 0.4) is 0 Å². The summed E-state index contributed by atoms with van der Waals surface area (Å²) >= 11 is 6.14. The molecule has 0 aromatic heterocycles. The number of hydrogen-bond acceptors (Lipinski definition) is 2. The Balaban J connectivity index is 2.09. The molecule has 1 aliphatic heterocycles. The quantitative estimate of drug-likeness (QED) is 0.891. The summed E-state index contributed by atoms with van der Waals surface area (Å²) in [6, 6.07) is 11.4. The molecule has 1 heterocycles. The number of hydrogen-bond donors (Lipinski definition) is 2. The molecule has 102 valence electrons. The number of rotatable bonds is 2. The van der Waals surface area contributed by atoms with Crippen LogP contribution in [0.4, 0.5) is 5.69 Å². The Bertz CT molecular complexity index is 697. The van der Waals surface area contributed by atoms with Gasteiger partial charge in [-0.1, -0.05) is 41.4 Å². The van der Waals surface area contributed by atoms with Gasteiger partial charge in [-0.25, -0.2) is 0 Å². The first kappa shape index (κ1) is 13.2. The smallest absolute Gasteiger partial charge is 0.228 e. The Labute approximate surface area is 122 Å². The number of benzene rings is 2. The van der Waals surface area contributed by atoms with Gasteiger partial charge in [-0.15, -0.1) is 0 Å². The van der Waals surface area contributed by atoms with Crippen LogP contribution in [-0.2, 0) is 11.2 Å². The summed E-state index contributed by atoms with van der Waals surface area (Å²) in [6.45, 7) is 2.03. The second-order valence-corrected chi connectivity index (χ2v) is 5.58. The van der Waals surface area contributed by atoms with Gasteiger partial charge in [0.2, 0.25) is 5.91 Å². The predicted octanol–water partition coefficient (Wildman–Crippen LogP) is 3.19. The molecule has 2 aromatic rings. The van der Waals surface area contributed by atoms with Crippen LogP contribution in [-0.4, -0.2) is 5.91 Å². The van der Waals surface area contributed by atoms with Crippen molar-refractivity contribution in [3.63, 3.8) is 0 Å². The van der Waals surface area contributed by atoms with Crippen LogP contribution in [0, 0.1) is 6.92 Å². The first-order chi connectivity index (χ1) is 9.54. The van der Waals surface area contributed by atoms with E-state index in [4.69, 9.17) is 17.3 Å². The van der Waals surface area contributed by atoms with E-state index in [9.17, 15) is 4.79 Å². The Kier molecular flexibility index (Phi) is 3.24. The fraction of sp³-hybridized carbons (Fsp3) is 0.188. The molecule has 1 aliphatic rings. The zero-order valence-corrected chi connectivity index (χ0v) is 11.9. The maximum atomic E-state index is 11.6. The minimum absolute atomic E-state index is 0.0139. The number of halogens is 1. The third-order valence-corrected chi connectivity index (χ3v) is 3.79. The fourth-order valence-corrected chi connectivity index (χ4v) is 2.87. The molecule has 3 rings (SSSR count). The summed E-state index contributed by atoms with van der Waals surface area (Å²) in [5.41, 5.74) is 11.1. The molecule has 0 radical (unpaired) electrons. The van der Waals surface area contributed by atoms with Crippen LogP contribution < -0.4 is 11.1 Å². The second kappa shape index (κ2) is 4.93. The summed E-state index contributed by atoms with van der Waals surface area (Å²) in [6.07, 6.45) is 0.365. The number of fused-ring (bicyclic) bond motifs is 1. The van der Waals surface area contributed by atoms with Crippen molar-refractivity contribution >= 4 is 23.2 Å². The normalized spacial score (nSPS) is 14.8. The van der Waals surface area contributed by atoms with Crippen LogP contribution in [0.25, 0.3) is 0 Å². The largest absolute Gasteiger partial charge is 0.325 e. The monoisotopic (exact) mass is 286 g/mol. The summed E-state index contributed by atoms with van der Waals surface area (Å²) < 4.78 is 0. The molecule has 0 saturated carbocycles. The topological polar surface area (TPSA) is 55.1 Å². The van der Waals surface area contributed by atoms with Crippen LogP contribution >= 0.6 is 11.6 Å². The molecule has 0 spiro atoms. The second-order valence-electron chi connectivity index (χ2n) is 5.15. The standard InChI is InChI=1S/C16H15ClN2O/c1-9-3-2-4-10(5-9)15(18)13-8-12(17)6-11-7-14(20)19-16(11)13/h2-6,8,15H,7,18H2,1H3,(H,19,20). The highest BCUT2D eigenvalue weighted by Crippen LogP contribution is 2.36. The summed E-state index contributed by atoms with van der Waals surface area (Å²) in [7, 11) is 0. The zero-order valence-electron chi connectivity index (χ0n) is 11.1. The number of nitrogens with one attached hydrogen (secondary N) is 1. The highest BCUT2D eigenvalue weighted by atomic mass is 35.5. The molecule has 0 aliphatic carbocycles. The minimum Gasteiger partial charge on any atom is -0.325 e. The SMILES string of the molecule is Cc1cccc(C(N)c2cc(Cl)cc3c2NC(=O)C3)c1. The molecule has 0 bridgehead atoms. The lowest BCUT2D eigenvalue weighted by atomic mass is 9.95. The Morgan fingerprint density at radius 3 is 2.85 bits per heavy atom. The Morgan fingerprint density at radius 2 is 2.10 bits per heavy atom. The van der Waals surface area contributed by atoms with Gasteiger partial charge in [-0.2, -0.15) is 0 Å². The van der Waals surface area contributed by atoms with Crippen LogP contribution in [0.15, 0.2) is 36.4 Å². The van der Waals surface area contributed by atoms with Crippen molar-refractivity contribution < 1.29 is 4.79 Å². The van der Waals surface area contributed by atoms with E-state index < -0.39 is 0 Å². The van der Waals surface area contributed by atoms with E-state index >= 15 is 0 Å². The average Bonchev–Trinajstić information content (AvgIpc) is 2.77. The Morgan fingerprint density at radius 1 is 1.30 bits per heavy atom. The predicted molar refractivity (Wildman–Crippen MR) is 81.0 cm³/mol. The molecule has 1 amide bonds. The van der Waals surface area contributed by atoms with Crippen molar-refractivity contribution in [3.05, 3.63) is 63.7 Å². The van der Waals surface area contributed by atoms with Gasteiger partial charge in [0.25, 0.3) is 0 Å². The average molecular weight is 287 g/mol. The van der Waals surface area contributed by atoms with E-state index in [0.717, 1.165) is 27.9 Å². The van der Waals surface area contributed by atoms with Gasteiger partial charge in [0, 0.05) is 10.7 Å². The molecule has 4 heteroatoms. The highest BCUT2D eigenvalue weighted by molar-refractivity contribution is 6.31. The van der Waals surface area contributed by atoms with Gasteiger partial charge in [0.05, 0.1) is 12.5 Å². The molecule has 2 aromatic carbocycles. The van der Waals surface area contributed by atoms with Gasteiger partial charge in [0.15, 0.2) is 0 Å². The van der Waals surface area contributed by atoms with Crippen LogP contribution in [0.5, 0.6) is 0 Å². The highest BCUT2D eigenvalue weighted by Gasteiger charge is 2.24. The molecule has 3 nitrogen and oxygen atoms in total. The van der Waals surface area contributed by atoms with Crippen molar-refractivity contribution in [3.8, 4) is 0 Å². The van der Waals surface area contributed by atoms with Crippen molar-refractivity contribution in [2.75, 3.05) is 5.32 Å². The van der Waals surface area contributed by atoms with Gasteiger partial charge >= 0.3 is 0 Å². The van der Waals surface area contributed by atoms with Crippen molar-refractivity contribution in [2.45, 2.75) is 19.4 Å². The molecule has 1 unspecified atom stereocenters. The molecule has 0 saturated heterocycles. The van der Waals surface area contributed by atoms with E-state index in [1.807, 2.05) is 37.3 Å². The minimum atomic E-state index is -0.305. The third kappa shape index (κ3) is 2.30. The number of aryl methyl sites for hydroxylation is 1. The van der Waals surface area contributed by atoms with Crippen LogP contribution in [0.2, 0.25) is 5.02 Å². The Hall–Kier alpha value is -1.84. The number of nitrogens with two attached hydrogens (primary N) is 1. The summed E-state index contributed by atoms with van der Waals surface area (Å²) in [4.78, 5) is 11.6. The van der Waals surface area contributed by atoms with Gasteiger partial charge in [-0.3, -0.25) is 4.79 Å². The van der Waals surface area contributed by atoms with E-state index in [-0.39, 0.29) is 11.9 Å². The van der Waals surface area contributed by atoms with E-state index in [1.165, 1.54) is 0 Å². The molecular weight excluding hydrogens is 272 g/mol. The van der Waals surface area contributed by atoms with Crippen molar-refractivity contribution in [1.82, 2.24) is 0 Å². The lowest BCUT2D eigenvalue weighted by molar-refractivity contribution is -0.115. The molecule has 1 atom stereocenters. The van der Waals surface area contributed by atoms with Gasteiger partial charge in [0.1, 0.15) is 0 Å². The lowest BCUT2D eigenvalue weighted by Crippen LogP contribution is -2.14. The zero-order chi connectivity index (χ0) is 14.3. The first-order valence-electron chi connectivity index (χ1n) is 6.49. The van der Waals surface area contributed by atoms with E-state index in [2.05, 4.69) is 11.4 Å². The van der Waals surface area contributed by atoms with Crippen molar-refractivity contribution in [2.24, 2.45) is 5.73 Å². The number of carbonyl (C=O) groups excluding carboxylic acids is 1. The number of carbonyl (C=O) groups is 1. The molecule has 0 fully saturated rings. The summed E-state index contributed by atoms with van der Waals surface area (Å²) in [5.74, 6) is -0.0139. The summed E-state index contributed by atoms with van der Waals surface area (Å²) in [5, 5.41) is 3.49. The maximum Gasteiger partial charge on any atom is 0.228 e. The lowest BCUT2D eigenvalue weighted by Gasteiger charge is -2.17. The number of anilines is 1. The van der Waals surface area contributed by atoms with Crippen LogP contribution in [0.1, 0.15) is 28.3 Å². The van der Waals surface area contributed by atoms with Crippen molar-refractivity contribution in [1.29, 1.82) is 0 Å². The van der Waals surface area contributed by atoms with E-state index in [1.54, 1.807) is 0 Å². The maximum absolute atomic E-state index is 11.6. The molecule has 3 N–H and O–H groups in total. The third-order valence-electron chi connectivity index (χ3n) is 3.57. The fourth-order valence-electron chi connectivity index (χ4n) is 2.62. The van der Waals surface area contributed by atoms with Gasteiger partial charge < -0.3 is 11.1 Å². The first-order valence-corrected chi connectivity index (χ1v) is 6.86. The number of amides is 1. The molecular formula is C16H15ClN2O. The van der Waals surface area contributed by atoms with E-state index in [0.29, 0.717) is 11.4 Å².